The number of rotatable bonds is 3. The van der Waals surface area contributed by atoms with E-state index in [0.717, 1.165) is 25.9 Å². The van der Waals surface area contributed by atoms with E-state index >= 15 is 0 Å². The minimum absolute atomic E-state index is 0.0586. The molecule has 0 aliphatic carbocycles. The molecule has 8 heteroatoms. The molecule has 124 valence electrons. The summed E-state index contributed by atoms with van der Waals surface area (Å²) in [7, 11) is 0. The molecule has 1 aromatic heterocycles. The average Bonchev–Trinajstić information content (AvgIpc) is 3.00. The first kappa shape index (κ1) is 15.9. The van der Waals surface area contributed by atoms with E-state index in [0.29, 0.717) is 5.56 Å². The Bertz CT molecular complexity index is 647. The molecule has 1 aromatic carbocycles. The summed E-state index contributed by atoms with van der Waals surface area (Å²) in [5, 5.41) is 6.25. The van der Waals surface area contributed by atoms with Crippen molar-refractivity contribution < 1.29 is 22.1 Å². The highest BCUT2D eigenvalue weighted by molar-refractivity contribution is 5.26. The van der Waals surface area contributed by atoms with E-state index < -0.39 is 23.7 Å². The normalized spacial score (nSPS) is 18.1. The molecule has 2 aromatic rings. The van der Waals surface area contributed by atoms with Crippen LogP contribution in [0.3, 0.4) is 0 Å². The van der Waals surface area contributed by atoms with Crippen molar-refractivity contribution in [1.82, 2.24) is 15.5 Å². The van der Waals surface area contributed by atoms with Gasteiger partial charge < -0.3 is 9.84 Å². The third kappa shape index (κ3) is 3.52. The summed E-state index contributed by atoms with van der Waals surface area (Å²) in [6, 6.07) is 5.67. The van der Waals surface area contributed by atoms with E-state index in [4.69, 9.17) is 4.52 Å². The second kappa shape index (κ2) is 6.27. The number of aromatic nitrogens is 2. The molecule has 1 saturated heterocycles. The number of halogens is 4. The number of nitrogens with zero attached hydrogens (tertiary/aromatic N) is 2. The Kier molecular flexibility index (Phi) is 4.34. The van der Waals surface area contributed by atoms with E-state index in [2.05, 4.69) is 15.5 Å². The van der Waals surface area contributed by atoms with Crippen LogP contribution in [0.2, 0.25) is 0 Å². The van der Waals surface area contributed by atoms with Crippen LogP contribution in [0.5, 0.6) is 0 Å². The maximum Gasteiger partial charge on any atom is 0.455 e. The molecule has 2 heterocycles. The van der Waals surface area contributed by atoms with Gasteiger partial charge in [0.2, 0.25) is 5.89 Å². The summed E-state index contributed by atoms with van der Waals surface area (Å²) in [5.74, 6) is -2.17. The highest BCUT2D eigenvalue weighted by Gasteiger charge is 2.39. The fraction of sp³-hybridized carbons (Fsp3) is 0.467. The standard InChI is InChI=1S/C15H15F4N3O/c16-11-3-1-9(2-4-11)12(10-5-7-20-8-6-10)13-21-14(22-23-13)15(17,18)19/h1-4,10,12,20H,5-8H2. The summed E-state index contributed by atoms with van der Waals surface area (Å²) in [6.45, 7) is 1.53. The summed E-state index contributed by atoms with van der Waals surface area (Å²) in [4.78, 5) is 3.54. The van der Waals surface area contributed by atoms with Crippen molar-refractivity contribution in [2.75, 3.05) is 13.1 Å². The second-order valence-corrected chi connectivity index (χ2v) is 5.57. The number of hydrogen-bond donors (Lipinski definition) is 1. The largest absolute Gasteiger partial charge is 0.455 e. The lowest BCUT2D eigenvalue weighted by Crippen LogP contribution is -2.31. The number of alkyl halides is 3. The van der Waals surface area contributed by atoms with Crippen LogP contribution in [-0.2, 0) is 6.18 Å². The predicted molar refractivity (Wildman–Crippen MR) is 73.1 cm³/mol. The third-order valence-electron chi connectivity index (χ3n) is 4.05. The first-order chi connectivity index (χ1) is 10.9. The van der Waals surface area contributed by atoms with Crippen LogP contribution in [0.4, 0.5) is 17.6 Å². The molecule has 0 saturated carbocycles. The Balaban J connectivity index is 1.97. The topological polar surface area (TPSA) is 51.0 Å². The van der Waals surface area contributed by atoms with Crippen LogP contribution in [0.25, 0.3) is 0 Å². The van der Waals surface area contributed by atoms with Crippen molar-refractivity contribution in [2.45, 2.75) is 24.9 Å². The number of hydrogen-bond acceptors (Lipinski definition) is 4. The Morgan fingerprint density at radius 1 is 1.13 bits per heavy atom. The van der Waals surface area contributed by atoms with E-state index in [9.17, 15) is 17.6 Å². The molecule has 1 N–H and O–H groups in total. The summed E-state index contributed by atoms with van der Waals surface area (Å²) in [5.41, 5.74) is 0.677. The van der Waals surface area contributed by atoms with E-state index in [1.165, 1.54) is 12.1 Å². The van der Waals surface area contributed by atoms with Crippen molar-refractivity contribution in [2.24, 2.45) is 5.92 Å². The van der Waals surface area contributed by atoms with Crippen molar-refractivity contribution in [1.29, 1.82) is 0 Å². The molecule has 0 radical (unpaired) electrons. The molecule has 1 aliphatic heterocycles. The molecule has 1 atom stereocenters. The van der Waals surface area contributed by atoms with Gasteiger partial charge in [-0.15, -0.1) is 0 Å². The second-order valence-electron chi connectivity index (χ2n) is 5.57. The average molecular weight is 329 g/mol. The molecule has 4 nitrogen and oxygen atoms in total. The maximum atomic E-state index is 13.1. The van der Waals surface area contributed by atoms with Gasteiger partial charge in [-0.3, -0.25) is 0 Å². The van der Waals surface area contributed by atoms with Gasteiger partial charge in [0.1, 0.15) is 5.82 Å². The predicted octanol–water partition coefficient (Wildman–Crippen LogP) is 3.36. The van der Waals surface area contributed by atoms with Crippen molar-refractivity contribution in [3.8, 4) is 0 Å². The van der Waals surface area contributed by atoms with Gasteiger partial charge in [0.25, 0.3) is 5.82 Å². The van der Waals surface area contributed by atoms with Gasteiger partial charge in [0.15, 0.2) is 0 Å². The van der Waals surface area contributed by atoms with Crippen LogP contribution in [0, 0.1) is 11.7 Å². The van der Waals surface area contributed by atoms with Gasteiger partial charge in [0.05, 0.1) is 5.92 Å². The molecular weight excluding hydrogens is 314 g/mol. The van der Waals surface area contributed by atoms with Gasteiger partial charge in [-0.05, 0) is 49.5 Å². The zero-order valence-corrected chi connectivity index (χ0v) is 12.1. The van der Waals surface area contributed by atoms with Crippen LogP contribution >= 0.6 is 0 Å². The van der Waals surface area contributed by atoms with Crippen molar-refractivity contribution in [3.63, 3.8) is 0 Å². The smallest absolute Gasteiger partial charge is 0.338 e. The highest BCUT2D eigenvalue weighted by Crippen LogP contribution is 2.37. The van der Waals surface area contributed by atoms with Crippen molar-refractivity contribution in [3.05, 3.63) is 47.4 Å². The Labute approximate surface area is 129 Å². The first-order valence-electron chi connectivity index (χ1n) is 7.32. The molecule has 0 bridgehead atoms. The number of piperidine rings is 1. The molecule has 1 fully saturated rings. The molecular formula is C15H15F4N3O. The summed E-state index contributed by atoms with van der Waals surface area (Å²) in [6.07, 6.45) is -3.11. The first-order valence-corrected chi connectivity index (χ1v) is 7.32. The van der Waals surface area contributed by atoms with Crippen molar-refractivity contribution >= 4 is 0 Å². The molecule has 0 amide bonds. The van der Waals surface area contributed by atoms with Crippen LogP contribution in [0.15, 0.2) is 28.8 Å². The monoisotopic (exact) mass is 329 g/mol. The van der Waals surface area contributed by atoms with Gasteiger partial charge in [0, 0.05) is 0 Å². The van der Waals surface area contributed by atoms with Gasteiger partial charge in [-0.2, -0.15) is 18.2 Å². The van der Waals surface area contributed by atoms with Gasteiger partial charge >= 0.3 is 6.18 Å². The lowest BCUT2D eigenvalue weighted by atomic mass is 9.80. The Hall–Kier alpha value is -1.96. The van der Waals surface area contributed by atoms with Gasteiger partial charge in [-0.25, -0.2) is 4.39 Å². The number of benzene rings is 1. The molecule has 0 spiro atoms. The van der Waals surface area contributed by atoms with E-state index in [1.807, 2.05) is 0 Å². The maximum absolute atomic E-state index is 13.1. The summed E-state index contributed by atoms with van der Waals surface area (Å²) >= 11 is 0. The zero-order chi connectivity index (χ0) is 16.4. The van der Waals surface area contributed by atoms with Gasteiger partial charge in [-0.1, -0.05) is 17.3 Å². The lowest BCUT2D eigenvalue weighted by Gasteiger charge is -2.28. The zero-order valence-electron chi connectivity index (χ0n) is 12.1. The van der Waals surface area contributed by atoms with Crippen LogP contribution in [0.1, 0.15) is 36.0 Å². The summed E-state index contributed by atoms with van der Waals surface area (Å²) < 4.78 is 56.2. The highest BCUT2D eigenvalue weighted by atomic mass is 19.4. The number of nitrogens with one attached hydrogen (secondary N) is 1. The molecule has 3 rings (SSSR count). The Morgan fingerprint density at radius 2 is 1.78 bits per heavy atom. The molecule has 23 heavy (non-hydrogen) atoms. The van der Waals surface area contributed by atoms with E-state index in [1.54, 1.807) is 12.1 Å². The third-order valence-corrected chi connectivity index (χ3v) is 4.05. The molecule has 1 unspecified atom stereocenters. The minimum atomic E-state index is -4.65. The fourth-order valence-electron chi connectivity index (χ4n) is 2.94. The molecule has 1 aliphatic rings. The van der Waals surface area contributed by atoms with E-state index in [-0.39, 0.29) is 11.8 Å². The SMILES string of the molecule is Fc1ccc(C(c2nc(C(F)(F)F)no2)C2CCNCC2)cc1. The lowest BCUT2D eigenvalue weighted by molar-refractivity contribution is -0.146. The quantitative estimate of drug-likeness (QED) is 0.878. The van der Waals surface area contributed by atoms with Crippen LogP contribution in [-0.4, -0.2) is 23.2 Å². The fourth-order valence-corrected chi connectivity index (χ4v) is 2.94. The minimum Gasteiger partial charge on any atom is -0.338 e. The van der Waals surface area contributed by atoms with Crippen LogP contribution < -0.4 is 5.32 Å². The Morgan fingerprint density at radius 3 is 2.35 bits per heavy atom.